The second kappa shape index (κ2) is 8.09. The molecule has 7 heteroatoms. The van der Waals surface area contributed by atoms with Crippen molar-refractivity contribution in [1.82, 2.24) is 25.2 Å². The molecule has 7 nitrogen and oxygen atoms in total. The molecule has 1 saturated heterocycles. The summed E-state index contributed by atoms with van der Waals surface area (Å²) < 4.78 is 5.59. The number of likely N-dealkylation sites (tertiary alicyclic amines) is 1. The number of nitrogens with zero attached hydrogens (tertiary/aromatic N) is 4. The lowest BCUT2D eigenvalue weighted by atomic mass is 10.2. The van der Waals surface area contributed by atoms with Crippen molar-refractivity contribution in [2.24, 2.45) is 0 Å². The largest absolute Gasteiger partial charge is 0.468 e. The van der Waals surface area contributed by atoms with Gasteiger partial charge in [-0.2, -0.15) is 0 Å². The molecule has 0 saturated carbocycles. The fourth-order valence-electron chi connectivity index (χ4n) is 3.33. The van der Waals surface area contributed by atoms with E-state index in [-0.39, 0.29) is 11.9 Å². The van der Waals surface area contributed by atoms with Crippen LogP contribution in [0.2, 0.25) is 0 Å². The predicted octanol–water partition coefficient (Wildman–Crippen LogP) is 2.70. The maximum absolute atomic E-state index is 12.5. The summed E-state index contributed by atoms with van der Waals surface area (Å²) >= 11 is 0. The molecule has 3 aromatic heterocycles. The number of aromatic nitrogens is 3. The summed E-state index contributed by atoms with van der Waals surface area (Å²) in [5, 5.41) is 2.99. The fourth-order valence-corrected chi connectivity index (χ4v) is 3.33. The van der Waals surface area contributed by atoms with Crippen molar-refractivity contribution >= 4 is 5.91 Å². The van der Waals surface area contributed by atoms with Crippen molar-refractivity contribution in [2.75, 3.05) is 19.6 Å². The van der Waals surface area contributed by atoms with Gasteiger partial charge in [0.1, 0.15) is 5.76 Å². The van der Waals surface area contributed by atoms with Crippen LogP contribution in [0.5, 0.6) is 0 Å². The zero-order chi connectivity index (χ0) is 18.5. The van der Waals surface area contributed by atoms with Crippen LogP contribution in [0.25, 0.3) is 11.4 Å². The summed E-state index contributed by atoms with van der Waals surface area (Å²) in [6, 6.07) is 7.55. The van der Waals surface area contributed by atoms with E-state index in [0.29, 0.717) is 17.9 Å². The monoisotopic (exact) mass is 363 g/mol. The van der Waals surface area contributed by atoms with Crippen LogP contribution in [0.1, 0.15) is 35.0 Å². The molecule has 0 aromatic carbocycles. The molecule has 3 aromatic rings. The van der Waals surface area contributed by atoms with E-state index in [9.17, 15) is 4.79 Å². The minimum absolute atomic E-state index is 0.0449. The van der Waals surface area contributed by atoms with Crippen LogP contribution in [0.15, 0.2) is 59.7 Å². The third-order valence-corrected chi connectivity index (χ3v) is 4.76. The van der Waals surface area contributed by atoms with Crippen molar-refractivity contribution in [3.63, 3.8) is 0 Å². The highest BCUT2D eigenvalue weighted by molar-refractivity contribution is 5.93. The maximum atomic E-state index is 12.5. The third kappa shape index (κ3) is 4.03. The van der Waals surface area contributed by atoms with Gasteiger partial charge in [0.25, 0.3) is 5.91 Å². The Kier molecular flexibility index (Phi) is 5.20. The zero-order valence-corrected chi connectivity index (χ0v) is 14.9. The molecule has 1 fully saturated rings. The average molecular weight is 363 g/mol. The van der Waals surface area contributed by atoms with Gasteiger partial charge in [-0.1, -0.05) is 0 Å². The first-order valence-corrected chi connectivity index (χ1v) is 9.09. The summed E-state index contributed by atoms with van der Waals surface area (Å²) in [6.07, 6.45) is 10.5. The lowest BCUT2D eigenvalue weighted by Crippen LogP contribution is -2.36. The molecular weight excluding hydrogens is 342 g/mol. The molecule has 1 aliphatic heterocycles. The molecule has 4 heterocycles. The molecule has 0 aliphatic carbocycles. The van der Waals surface area contributed by atoms with Crippen LogP contribution >= 0.6 is 0 Å². The smallest absolute Gasteiger partial charge is 0.254 e. The standard InChI is InChI=1S/C20H21N5O2/c26-20(16-12-22-19(23-13-16)15-5-7-21-8-6-15)24-14-17(18-4-3-11-27-18)25-9-1-2-10-25/h3-8,11-13,17H,1-2,9-10,14H2,(H,24,26). The highest BCUT2D eigenvalue weighted by Gasteiger charge is 2.26. The van der Waals surface area contributed by atoms with Crippen molar-refractivity contribution in [3.05, 3.63) is 66.6 Å². The Balaban J connectivity index is 1.42. The van der Waals surface area contributed by atoms with E-state index in [0.717, 1.165) is 24.4 Å². The lowest BCUT2D eigenvalue weighted by molar-refractivity contribution is 0.0933. The van der Waals surface area contributed by atoms with Gasteiger partial charge >= 0.3 is 0 Å². The van der Waals surface area contributed by atoms with E-state index in [1.807, 2.05) is 24.3 Å². The first kappa shape index (κ1) is 17.4. The Labute approximate surface area is 157 Å². The number of furan rings is 1. The molecule has 0 spiro atoms. The summed E-state index contributed by atoms with van der Waals surface area (Å²) in [7, 11) is 0. The van der Waals surface area contributed by atoms with Crippen molar-refractivity contribution < 1.29 is 9.21 Å². The topological polar surface area (TPSA) is 84.2 Å². The van der Waals surface area contributed by atoms with Gasteiger partial charge in [0, 0.05) is 36.9 Å². The van der Waals surface area contributed by atoms with Gasteiger partial charge in [0.05, 0.1) is 17.9 Å². The van der Waals surface area contributed by atoms with Gasteiger partial charge in [0.15, 0.2) is 5.82 Å². The van der Waals surface area contributed by atoms with Gasteiger partial charge < -0.3 is 9.73 Å². The van der Waals surface area contributed by atoms with Crippen LogP contribution < -0.4 is 5.32 Å². The van der Waals surface area contributed by atoms with Crippen LogP contribution in [0.3, 0.4) is 0 Å². The Hall–Kier alpha value is -3.06. The molecule has 1 amide bonds. The third-order valence-electron chi connectivity index (χ3n) is 4.76. The number of carbonyl (C=O) groups is 1. The number of nitrogens with one attached hydrogen (secondary N) is 1. The summed E-state index contributed by atoms with van der Waals surface area (Å²) in [5.41, 5.74) is 1.30. The molecule has 0 bridgehead atoms. The molecule has 0 radical (unpaired) electrons. The van der Waals surface area contributed by atoms with Crippen LogP contribution in [0, 0.1) is 0 Å². The van der Waals surface area contributed by atoms with Gasteiger partial charge in [-0.05, 0) is 50.2 Å². The SMILES string of the molecule is O=C(NCC(c1ccco1)N1CCCC1)c1cnc(-c2ccncc2)nc1. The highest BCUT2D eigenvalue weighted by Crippen LogP contribution is 2.25. The van der Waals surface area contributed by atoms with Gasteiger partial charge in [-0.25, -0.2) is 9.97 Å². The number of carbonyl (C=O) groups excluding carboxylic acids is 1. The number of pyridine rings is 1. The van der Waals surface area contributed by atoms with Crippen molar-refractivity contribution in [1.29, 1.82) is 0 Å². The molecule has 27 heavy (non-hydrogen) atoms. The van der Waals surface area contributed by atoms with E-state index >= 15 is 0 Å². The Morgan fingerprint density at radius 1 is 1.15 bits per heavy atom. The number of amides is 1. The minimum atomic E-state index is -0.188. The second-order valence-corrected chi connectivity index (χ2v) is 6.52. The first-order valence-electron chi connectivity index (χ1n) is 9.09. The van der Waals surface area contributed by atoms with Gasteiger partial charge in [0.2, 0.25) is 0 Å². The van der Waals surface area contributed by atoms with E-state index < -0.39 is 0 Å². The number of hydrogen-bond acceptors (Lipinski definition) is 6. The molecule has 1 aliphatic rings. The van der Waals surface area contributed by atoms with E-state index in [4.69, 9.17) is 4.42 Å². The van der Waals surface area contributed by atoms with E-state index in [2.05, 4.69) is 25.2 Å². The average Bonchev–Trinajstić information content (AvgIpc) is 3.44. The predicted molar refractivity (Wildman–Crippen MR) is 99.9 cm³/mol. The fraction of sp³-hybridized carbons (Fsp3) is 0.300. The van der Waals surface area contributed by atoms with E-state index in [1.54, 1.807) is 31.1 Å². The maximum Gasteiger partial charge on any atom is 0.254 e. The van der Waals surface area contributed by atoms with Gasteiger partial charge in [-0.15, -0.1) is 0 Å². The lowest BCUT2D eigenvalue weighted by Gasteiger charge is -2.25. The highest BCUT2D eigenvalue weighted by atomic mass is 16.3. The minimum Gasteiger partial charge on any atom is -0.468 e. The molecule has 1 N–H and O–H groups in total. The van der Waals surface area contributed by atoms with Crippen molar-refractivity contribution in [3.8, 4) is 11.4 Å². The van der Waals surface area contributed by atoms with E-state index in [1.165, 1.54) is 12.8 Å². The summed E-state index contributed by atoms with van der Waals surface area (Å²) in [5.74, 6) is 1.26. The normalized spacial score (nSPS) is 15.6. The van der Waals surface area contributed by atoms with Crippen LogP contribution in [-0.4, -0.2) is 45.4 Å². The summed E-state index contributed by atoms with van der Waals surface area (Å²) in [4.78, 5) is 27.5. The molecular formula is C20H21N5O2. The number of hydrogen-bond donors (Lipinski definition) is 1. The molecule has 138 valence electrons. The molecule has 1 atom stereocenters. The Morgan fingerprint density at radius 3 is 2.56 bits per heavy atom. The van der Waals surface area contributed by atoms with Crippen LogP contribution in [-0.2, 0) is 0 Å². The Bertz CT molecular complexity index is 859. The van der Waals surface area contributed by atoms with Gasteiger partial charge in [-0.3, -0.25) is 14.7 Å². The molecule has 1 unspecified atom stereocenters. The molecule has 4 rings (SSSR count). The number of rotatable bonds is 6. The summed E-state index contributed by atoms with van der Waals surface area (Å²) in [6.45, 7) is 2.52. The second-order valence-electron chi connectivity index (χ2n) is 6.52. The van der Waals surface area contributed by atoms with Crippen molar-refractivity contribution in [2.45, 2.75) is 18.9 Å². The first-order chi connectivity index (χ1) is 13.3. The van der Waals surface area contributed by atoms with Crippen LogP contribution in [0.4, 0.5) is 0 Å². The zero-order valence-electron chi connectivity index (χ0n) is 14.9. The Morgan fingerprint density at radius 2 is 1.89 bits per heavy atom. The quantitative estimate of drug-likeness (QED) is 0.725.